The van der Waals surface area contributed by atoms with Gasteiger partial charge in [-0.25, -0.2) is 0 Å². The molecule has 29 heavy (non-hydrogen) atoms. The zero-order chi connectivity index (χ0) is 20.0. The van der Waals surface area contributed by atoms with E-state index in [-0.39, 0.29) is 11.3 Å². The second-order valence-corrected chi connectivity index (χ2v) is 9.21. The van der Waals surface area contributed by atoms with Crippen LogP contribution >= 0.6 is 0 Å². The number of furan rings is 1. The fourth-order valence-electron chi connectivity index (χ4n) is 5.68. The Balaban J connectivity index is 1.40. The van der Waals surface area contributed by atoms with Gasteiger partial charge in [-0.3, -0.25) is 4.79 Å². The number of hydrogen-bond acceptors (Lipinski definition) is 3. The number of carbonyl (C=O) groups excluding carboxylic acids is 1. The lowest BCUT2D eigenvalue weighted by atomic mass is 9.73. The molecule has 3 aliphatic rings. The van der Waals surface area contributed by atoms with Crippen molar-refractivity contribution in [3.8, 4) is 0 Å². The molecule has 2 aromatic rings. The lowest BCUT2D eigenvalue weighted by Crippen LogP contribution is -2.49. The van der Waals surface area contributed by atoms with E-state index in [1.54, 1.807) is 18.4 Å². The van der Waals surface area contributed by atoms with Gasteiger partial charge < -0.3 is 14.2 Å². The molecule has 2 aliphatic heterocycles. The first-order chi connectivity index (χ1) is 14.1. The molecule has 1 atom stereocenters. The van der Waals surface area contributed by atoms with Crippen LogP contribution in [0.1, 0.15) is 60.2 Å². The van der Waals surface area contributed by atoms with Gasteiger partial charge in [0.05, 0.1) is 6.26 Å². The van der Waals surface area contributed by atoms with E-state index in [1.165, 1.54) is 36.0 Å². The topological polar surface area (TPSA) is 36.7 Å². The van der Waals surface area contributed by atoms with Gasteiger partial charge in [0.2, 0.25) is 0 Å². The predicted molar refractivity (Wildman–Crippen MR) is 115 cm³/mol. The summed E-state index contributed by atoms with van der Waals surface area (Å²) in [5.41, 5.74) is 5.16. The van der Waals surface area contributed by atoms with Crippen molar-refractivity contribution in [2.45, 2.75) is 56.9 Å². The molecular weight excluding hydrogens is 360 g/mol. The molecule has 1 amide bonds. The Morgan fingerprint density at radius 3 is 2.79 bits per heavy atom. The minimum Gasteiger partial charge on any atom is -0.459 e. The van der Waals surface area contributed by atoms with Crippen LogP contribution in [0.2, 0.25) is 0 Å². The van der Waals surface area contributed by atoms with Gasteiger partial charge in [0.1, 0.15) is 0 Å². The third-order valence-corrected chi connectivity index (χ3v) is 7.32. The number of rotatable bonds is 2. The quantitative estimate of drug-likeness (QED) is 0.671. The van der Waals surface area contributed by atoms with Crippen LogP contribution in [0.15, 0.2) is 53.2 Å². The van der Waals surface area contributed by atoms with Crippen molar-refractivity contribution in [3.63, 3.8) is 0 Å². The van der Waals surface area contributed by atoms with E-state index < -0.39 is 0 Å². The maximum absolute atomic E-state index is 13.1. The molecule has 1 saturated carbocycles. The molecule has 5 rings (SSSR count). The van der Waals surface area contributed by atoms with Crippen molar-refractivity contribution in [3.05, 3.63) is 65.6 Å². The number of hydrogen-bond donors (Lipinski definition) is 0. The number of nitrogens with zero attached hydrogens (tertiary/aromatic N) is 2. The third-order valence-electron chi connectivity index (χ3n) is 7.32. The lowest BCUT2D eigenvalue weighted by molar-refractivity contribution is 0.0922. The van der Waals surface area contributed by atoms with Gasteiger partial charge in [-0.15, -0.1) is 0 Å². The first-order valence-electron chi connectivity index (χ1n) is 10.9. The summed E-state index contributed by atoms with van der Waals surface area (Å²) in [5, 5.41) is 0. The molecule has 2 fully saturated rings. The Morgan fingerprint density at radius 1 is 1.24 bits per heavy atom. The summed E-state index contributed by atoms with van der Waals surface area (Å²) >= 11 is 0. The van der Waals surface area contributed by atoms with Crippen molar-refractivity contribution >= 4 is 11.6 Å². The number of fused-ring (bicyclic) bond motifs is 2. The van der Waals surface area contributed by atoms with Crippen LogP contribution in [-0.4, -0.2) is 36.5 Å². The molecule has 1 aromatic heterocycles. The van der Waals surface area contributed by atoms with Crippen LogP contribution in [0.25, 0.3) is 0 Å². The molecule has 1 saturated heterocycles. The van der Waals surface area contributed by atoms with E-state index in [4.69, 9.17) is 4.42 Å². The molecule has 0 radical (unpaired) electrons. The molecule has 1 aromatic carbocycles. The fourth-order valence-corrected chi connectivity index (χ4v) is 5.68. The number of piperidine rings is 1. The zero-order valence-corrected chi connectivity index (χ0v) is 17.3. The maximum Gasteiger partial charge on any atom is 0.293 e. The molecule has 152 valence electrons. The summed E-state index contributed by atoms with van der Waals surface area (Å²) in [6, 6.07) is 10.8. The van der Waals surface area contributed by atoms with Gasteiger partial charge in [-0.2, -0.15) is 0 Å². The molecule has 0 N–H and O–H groups in total. The molecular formula is C25H30N2O2. The van der Waals surface area contributed by atoms with Gasteiger partial charge in [-0.05, 0) is 82.3 Å². The van der Waals surface area contributed by atoms with Crippen molar-refractivity contribution in [2.24, 2.45) is 0 Å². The van der Waals surface area contributed by atoms with Gasteiger partial charge in [0, 0.05) is 23.7 Å². The average Bonchev–Trinajstić information content (AvgIpc) is 3.36. The normalized spacial score (nSPS) is 24.1. The molecule has 3 heterocycles. The van der Waals surface area contributed by atoms with E-state index in [2.05, 4.69) is 36.6 Å². The number of benzene rings is 1. The van der Waals surface area contributed by atoms with Crippen molar-refractivity contribution in [2.75, 3.05) is 24.5 Å². The van der Waals surface area contributed by atoms with Gasteiger partial charge >= 0.3 is 0 Å². The van der Waals surface area contributed by atoms with Gasteiger partial charge in [-0.1, -0.05) is 29.8 Å². The molecule has 1 spiro atoms. The minimum absolute atomic E-state index is 0.0250. The van der Waals surface area contributed by atoms with Crippen molar-refractivity contribution in [1.82, 2.24) is 4.90 Å². The largest absolute Gasteiger partial charge is 0.459 e. The summed E-state index contributed by atoms with van der Waals surface area (Å²) in [4.78, 5) is 17.8. The second-order valence-electron chi connectivity index (χ2n) is 9.21. The Morgan fingerprint density at radius 2 is 2.07 bits per heavy atom. The highest BCUT2D eigenvalue weighted by atomic mass is 16.3. The van der Waals surface area contributed by atoms with Crippen molar-refractivity contribution < 1.29 is 9.21 Å². The highest BCUT2D eigenvalue weighted by Crippen LogP contribution is 2.48. The van der Waals surface area contributed by atoms with Crippen LogP contribution in [-0.2, 0) is 5.41 Å². The minimum atomic E-state index is -0.0250. The number of carbonyl (C=O) groups is 1. The average molecular weight is 391 g/mol. The van der Waals surface area contributed by atoms with Crippen LogP contribution in [0, 0.1) is 6.92 Å². The highest BCUT2D eigenvalue weighted by Gasteiger charge is 2.47. The summed E-state index contributed by atoms with van der Waals surface area (Å²) in [6.45, 7) is 9.36. The second kappa shape index (κ2) is 7.17. The summed E-state index contributed by atoms with van der Waals surface area (Å²) in [5.74, 6) is 0.398. The number of anilines is 1. The highest BCUT2D eigenvalue weighted by molar-refractivity contribution is 6.06. The molecule has 1 aliphatic carbocycles. The summed E-state index contributed by atoms with van der Waals surface area (Å²) in [6.07, 6.45) is 8.72. The summed E-state index contributed by atoms with van der Waals surface area (Å²) in [7, 11) is 0. The van der Waals surface area contributed by atoms with Gasteiger partial charge in [0.25, 0.3) is 5.91 Å². The number of likely N-dealkylation sites (tertiary alicyclic amines) is 1. The Hall–Kier alpha value is -2.33. The van der Waals surface area contributed by atoms with Crippen molar-refractivity contribution in [1.29, 1.82) is 0 Å². The monoisotopic (exact) mass is 390 g/mol. The SMILES string of the molecule is C=C1CCCC(N2CCC3(CC2)CN(C(=O)c2ccco2)c2ccc(C)cc23)C1. The Kier molecular flexibility index (Phi) is 4.62. The van der Waals surface area contributed by atoms with E-state index in [0.717, 1.165) is 44.6 Å². The van der Waals surface area contributed by atoms with Crippen LogP contribution < -0.4 is 4.90 Å². The summed E-state index contributed by atoms with van der Waals surface area (Å²) < 4.78 is 5.42. The number of aryl methyl sites for hydroxylation is 1. The number of amides is 1. The van der Waals surface area contributed by atoms with E-state index in [9.17, 15) is 4.79 Å². The van der Waals surface area contributed by atoms with E-state index >= 15 is 0 Å². The van der Waals surface area contributed by atoms with Crippen LogP contribution in [0.3, 0.4) is 0 Å². The molecule has 1 unspecified atom stereocenters. The standard InChI is InChI=1S/C25H30N2O2/c1-18-5-3-6-20(15-18)26-12-10-25(11-13-26)17-27(24(28)23-7-4-14-29-23)22-9-8-19(2)16-21(22)25/h4,7-9,14,16,20H,1,3,5-6,10-13,15,17H2,2H3. The smallest absolute Gasteiger partial charge is 0.293 e. The van der Waals surface area contributed by atoms with Gasteiger partial charge in [0.15, 0.2) is 5.76 Å². The Bertz CT molecular complexity index is 922. The molecule has 4 nitrogen and oxygen atoms in total. The fraction of sp³-hybridized carbons (Fsp3) is 0.480. The Labute approximate surface area is 173 Å². The van der Waals surface area contributed by atoms with E-state index in [1.807, 2.05) is 4.90 Å². The molecule has 4 heteroatoms. The predicted octanol–water partition coefficient (Wildman–Crippen LogP) is 5.08. The first-order valence-corrected chi connectivity index (χ1v) is 10.9. The molecule has 0 bridgehead atoms. The first kappa shape index (κ1) is 18.7. The van der Waals surface area contributed by atoms with Crippen LogP contribution in [0.5, 0.6) is 0 Å². The van der Waals surface area contributed by atoms with E-state index in [0.29, 0.717) is 11.8 Å². The maximum atomic E-state index is 13.1. The van der Waals surface area contributed by atoms with Crippen LogP contribution in [0.4, 0.5) is 5.69 Å². The lowest BCUT2D eigenvalue weighted by Gasteiger charge is -2.44. The third kappa shape index (κ3) is 3.24. The zero-order valence-electron chi connectivity index (χ0n) is 17.3.